The van der Waals surface area contributed by atoms with Crippen molar-refractivity contribution < 1.29 is 18.0 Å². The number of hydrogen-bond donors (Lipinski definition) is 0. The van der Waals surface area contributed by atoms with Crippen LogP contribution in [-0.4, -0.2) is 27.7 Å². The number of hydrogen-bond acceptors (Lipinski definition) is 1. The minimum atomic E-state index is -2.67. The van der Waals surface area contributed by atoms with Crippen molar-refractivity contribution in [2.75, 3.05) is 6.54 Å². The van der Waals surface area contributed by atoms with Crippen LogP contribution >= 0.6 is 38.5 Å². The molecule has 20 heavy (non-hydrogen) atoms. The molecule has 0 bridgehead atoms. The Bertz CT molecular complexity index is 544. The van der Waals surface area contributed by atoms with Crippen LogP contribution in [0.15, 0.2) is 28.7 Å². The first-order chi connectivity index (χ1) is 9.41. The van der Waals surface area contributed by atoms with Gasteiger partial charge in [-0.2, -0.15) is 0 Å². The summed E-state index contributed by atoms with van der Waals surface area (Å²) in [4.78, 5) is 13.0. The molecule has 2 rings (SSSR count). The number of rotatable bonds is 3. The maximum Gasteiger partial charge on any atom is 0.256 e. The molecule has 108 valence electrons. The number of alkyl halides is 3. The van der Waals surface area contributed by atoms with E-state index in [9.17, 15) is 18.0 Å². The molecular formula is C13H10BrF3INO. The van der Waals surface area contributed by atoms with Crippen molar-refractivity contribution in [3.8, 4) is 0 Å². The molecule has 2 nitrogen and oxygen atoms in total. The van der Waals surface area contributed by atoms with Crippen molar-refractivity contribution >= 4 is 50.1 Å². The second-order valence-corrected chi connectivity index (χ2v) is 6.59. The maximum absolute atomic E-state index is 14.0. The molecule has 1 aliphatic heterocycles. The fraction of sp³-hybridized carbons (Fsp3) is 0.308. The summed E-state index contributed by atoms with van der Waals surface area (Å²) in [6.07, 6.45) is -0.645. The second kappa shape index (κ2) is 6.46. The summed E-state index contributed by atoms with van der Waals surface area (Å²) in [5, 5.41) is 0. The highest BCUT2D eigenvalue weighted by molar-refractivity contribution is 14.1. The van der Waals surface area contributed by atoms with Gasteiger partial charge in [-0.15, -0.1) is 0 Å². The van der Waals surface area contributed by atoms with Gasteiger partial charge in [0, 0.05) is 10.0 Å². The first kappa shape index (κ1) is 15.8. The van der Waals surface area contributed by atoms with E-state index >= 15 is 0 Å². The third-order valence-electron chi connectivity index (χ3n) is 2.88. The van der Waals surface area contributed by atoms with Crippen LogP contribution in [0, 0.1) is 5.82 Å². The molecule has 1 aromatic carbocycles. The van der Waals surface area contributed by atoms with E-state index in [-0.39, 0.29) is 11.3 Å². The normalized spacial score (nSPS) is 19.5. The van der Waals surface area contributed by atoms with Gasteiger partial charge in [0.05, 0.1) is 16.2 Å². The van der Waals surface area contributed by atoms with Crippen LogP contribution in [0.25, 0.3) is 5.70 Å². The number of carbonyl (C=O) groups excluding carboxylic acids is 1. The number of carbonyl (C=O) groups is 1. The zero-order valence-corrected chi connectivity index (χ0v) is 13.9. The number of halogens is 5. The zero-order valence-electron chi connectivity index (χ0n) is 10.1. The Morgan fingerprint density at radius 3 is 2.75 bits per heavy atom. The van der Waals surface area contributed by atoms with Gasteiger partial charge in [0.15, 0.2) is 0 Å². The van der Waals surface area contributed by atoms with E-state index in [0.717, 1.165) is 4.90 Å². The predicted octanol–water partition coefficient (Wildman–Crippen LogP) is 4.23. The Hall–Kier alpha value is -0.570. The molecule has 0 aliphatic carbocycles. The van der Waals surface area contributed by atoms with Crippen LogP contribution < -0.4 is 0 Å². The average molecular weight is 460 g/mol. The van der Waals surface area contributed by atoms with Gasteiger partial charge in [0.2, 0.25) is 5.91 Å². The molecule has 0 saturated heterocycles. The smallest absolute Gasteiger partial charge is 0.256 e. The van der Waals surface area contributed by atoms with Crippen molar-refractivity contribution in [3.63, 3.8) is 0 Å². The van der Waals surface area contributed by atoms with Crippen LogP contribution in [0.5, 0.6) is 0 Å². The van der Waals surface area contributed by atoms with Gasteiger partial charge in [-0.1, -0.05) is 34.7 Å². The summed E-state index contributed by atoms with van der Waals surface area (Å²) in [5.41, 5.74) is 0.345. The van der Waals surface area contributed by atoms with Crippen molar-refractivity contribution in [3.05, 3.63) is 40.1 Å². The molecule has 0 N–H and O–H groups in total. The van der Waals surface area contributed by atoms with Gasteiger partial charge in [-0.05, 0) is 34.5 Å². The van der Waals surface area contributed by atoms with E-state index in [1.165, 1.54) is 12.1 Å². The monoisotopic (exact) mass is 459 g/mol. The van der Waals surface area contributed by atoms with Crippen molar-refractivity contribution in [1.29, 1.82) is 0 Å². The first-order valence-corrected chi connectivity index (χ1v) is 7.83. The number of nitrogens with zero attached hydrogens (tertiary/aromatic N) is 1. The fourth-order valence-electron chi connectivity index (χ4n) is 2.02. The fourth-order valence-corrected chi connectivity index (χ4v) is 3.16. The van der Waals surface area contributed by atoms with Crippen molar-refractivity contribution in [1.82, 2.24) is 4.90 Å². The minimum Gasteiger partial charge on any atom is -0.305 e. The SMILES string of the molecule is O=C1C(I)CC=C(c2c(F)cccc2Br)N1CC(F)F. The summed E-state index contributed by atoms with van der Waals surface area (Å²) in [5.74, 6) is -0.969. The Morgan fingerprint density at radius 1 is 1.45 bits per heavy atom. The molecule has 1 amide bonds. The highest BCUT2D eigenvalue weighted by Crippen LogP contribution is 2.34. The van der Waals surface area contributed by atoms with E-state index in [1.807, 2.05) is 22.6 Å². The molecule has 1 heterocycles. The molecule has 7 heteroatoms. The Labute approximate surface area is 136 Å². The topological polar surface area (TPSA) is 20.3 Å². The molecule has 0 radical (unpaired) electrons. The van der Waals surface area contributed by atoms with Crippen LogP contribution in [0.2, 0.25) is 0 Å². The molecular weight excluding hydrogens is 450 g/mol. The van der Waals surface area contributed by atoms with Crippen molar-refractivity contribution in [2.24, 2.45) is 0 Å². The summed E-state index contributed by atoms with van der Waals surface area (Å²) in [7, 11) is 0. The van der Waals surface area contributed by atoms with Crippen LogP contribution in [0.4, 0.5) is 13.2 Å². The maximum atomic E-state index is 14.0. The number of amides is 1. The van der Waals surface area contributed by atoms with Gasteiger partial charge >= 0.3 is 0 Å². The Kier molecular flexibility index (Phi) is 5.11. The Morgan fingerprint density at radius 2 is 2.15 bits per heavy atom. The van der Waals surface area contributed by atoms with Gasteiger partial charge in [-0.3, -0.25) is 4.79 Å². The lowest BCUT2D eigenvalue weighted by molar-refractivity contribution is -0.128. The lowest BCUT2D eigenvalue weighted by Crippen LogP contribution is -2.41. The van der Waals surface area contributed by atoms with Gasteiger partial charge < -0.3 is 4.90 Å². The van der Waals surface area contributed by atoms with E-state index in [2.05, 4.69) is 15.9 Å². The van der Waals surface area contributed by atoms with Gasteiger partial charge in [-0.25, -0.2) is 13.2 Å². The van der Waals surface area contributed by atoms with Crippen molar-refractivity contribution in [2.45, 2.75) is 16.8 Å². The van der Waals surface area contributed by atoms with E-state index in [0.29, 0.717) is 10.9 Å². The highest BCUT2D eigenvalue weighted by atomic mass is 127. The van der Waals surface area contributed by atoms with Gasteiger partial charge in [0.1, 0.15) is 5.82 Å². The van der Waals surface area contributed by atoms with Crippen LogP contribution in [-0.2, 0) is 4.79 Å². The second-order valence-electron chi connectivity index (χ2n) is 4.23. The number of benzene rings is 1. The highest BCUT2D eigenvalue weighted by Gasteiger charge is 2.32. The summed E-state index contributed by atoms with van der Waals surface area (Å²) < 4.78 is 39.4. The predicted molar refractivity (Wildman–Crippen MR) is 82.2 cm³/mol. The first-order valence-electron chi connectivity index (χ1n) is 5.80. The molecule has 0 saturated carbocycles. The largest absolute Gasteiger partial charge is 0.305 e. The molecule has 1 unspecified atom stereocenters. The van der Waals surface area contributed by atoms with Gasteiger partial charge in [0.25, 0.3) is 6.43 Å². The number of allylic oxidation sites excluding steroid dienone is 1. The van der Waals surface area contributed by atoms with Crippen LogP contribution in [0.3, 0.4) is 0 Å². The third kappa shape index (κ3) is 3.19. The molecule has 1 aromatic rings. The quantitative estimate of drug-likeness (QED) is 0.489. The summed E-state index contributed by atoms with van der Waals surface area (Å²) in [6.45, 7) is -0.731. The van der Waals surface area contributed by atoms with E-state index < -0.39 is 28.6 Å². The summed E-state index contributed by atoms with van der Waals surface area (Å²) in [6, 6.07) is 4.36. The summed E-state index contributed by atoms with van der Waals surface area (Å²) >= 11 is 5.11. The molecule has 0 fully saturated rings. The lowest BCUT2D eigenvalue weighted by atomic mass is 10.0. The van der Waals surface area contributed by atoms with E-state index in [1.54, 1.807) is 12.1 Å². The third-order valence-corrected chi connectivity index (χ3v) is 4.58. The molecule has 0 aromatic heterocycles. The van der Waals surface area contributed by atoms with Crippen LogP contribution in [0.1, 0.15) is 12.0 Å². The molecule has 0 spiro atoms. The minimum absolute atomic E-state index is 0.143. The average Bonchev–Trinajstić information content (AvgIpc) is 2.37. The van der Waals surface area contributed by atoms with E-state index in [4.69, 9.17) is 0 Å². The Balaban J connectivity index is 2.49. The molecule has 1 aliphatic rings. The lowest BCUT2D eigenvalue weighted by Gasteiger charge is -2.31. The zero-order chi connectivity index (χ0) is 14.9. The molecule has 1 atom stereocenters. The standard InChI is InChI=1S/C13H10BrF3INO/c14-7-2-1-3-8(15)12(7)10-5-4-9(18)13(20)19(10)6-11(16)17/h1-3,5,9,11H,4,6H2.